The predicted octanol–water partition coefficient (Wildman–Crippen LogP) is 4.14. The number of nitrogens with one attached hydrogen (secondary N) is 1. The molecule has 0 heterocycles. The Hall–Kier alpha value is -1.82. The van der Waals surface area contributed by atoms with E-state index in [1.165, 1.54) is 30.5 Å². The van der Waals surface area contributed by atoms with Crippen LogP contribution in [-0.2, 0) is 17.5 Å². The van der Waals surface area contributed by atoms with Crippen molar-refractivity contribution in [2.24, 2.45) is 0 Å². The first-order valence-electron chi connectivity index (χ1n) is 8.64. The Morgan fingerprint density at radius 3 is 2.68 bits per heavy atom. The summed E-state index contributed by atoms with van der Waals surface area (Å²) >= 11 is 0. The van der Waals surface area contributed by atoms with Crippen LogP contribution in [0.4, 0.5) is 13.2 Å². The molecule has 0 saturated carbocycles. The second-order valence-corrected chi connectivity index (χ2v) is 6.54. The summed E-state index contributed by atoms with van der Waals surface area (Å²) in [4.78, 5) is 13.6. The number of hydrogen-bond acceptors (Lipinski definition) is 2. The molecule has 0 spiro atoms. The first-order chi connectivity index (χ1) is 11.9. The molecular formula is C19H25F3N2O. The highest BCUT2D eigenvalue weighted by Crippen LogP contribution is 2.32. The van der Waals surface area contributed by atoms with E-state index in [0.29, 0.717) is 6.54 Å². The van der Waals surface area contributed by atoms with E-state index in [1.54, 1.807) is 18.0 Å². The number of rotatable bonds is 7. The van der Waals surface area contributed by atoms with Crippen LogP contribution in [0.3, 0.4) is 0 Å². The molecule has 0 bridgehead atoms. The molecule has 2 rings (SSSR count). The van der Waals surface area contributed by atoms with Crippen molar-refractivity contribution in [3.8, 4) is 0 Å². The third-order valence-electron chi connectivity index (χ3n) is 4.33. The van der Waals surface area contributed by atoms with Crippen LogP contribution >= 0.6 is 0 Å². The van der Waals surface area contributed by atoms with Gasteiger partial charge in [-0.1, -0.05) is 29.8 Å². The summed E-state index contributed by atoms with van der Waals surface area (Å²) in [5, 5.41) is 2.85. The smallest absolute Gasteiger partial charge is 0.355 e. The molecular weight excluding hydrogens is 329 g/mol. The van der Waals surface area contributed by atoms with Crippen molar-refractivity contribution in [3.05, 3.63) is 47.0 Å². The normalized spacial score (nSPS) is 15.2. The SMILES string of the molecule is CN(CC(=O)NCCC1=CCCCC1)Cc1ccccc1C(F)(F)F. The van der Waals surface area contributed by atoms with E-state index in [1.807, 2.05) is 0 Å². The Kier molecular flexibility index (Phi) is 7.05. The molecule has 1 aliphatic carbocycles. The molecule has 0 atom stereocenters. The number of likely N-dealkylation sites (N-methyl/N-ethyl adjacent to an activating group) is 1. The van der Waals surface area contributed by atoms with Crippen LogP contribution in [0, 0.1) is 0 Å². The number of hydrogen-bond donors (Lipinski definition) is 1. The fourth-order valence-corrected chi connectivity index (χ4v) is 3.08. The van der Waals surface area contributed by atoms with Crippen LogP contribution in [0.1, 0.15) is 43.2 Å². The van der Waals surface area contributed by atoms with Crippen molar-refractivity contribution in [2.75, 3.05) is 20.1 Å². The van der Waals surface area contributed by atoms with E-state index in [9.17, 15) is 18.0 Å². The van der Waals surface area contributed by atoms with Crippen molar-refractivity contribution < 1.29 is 18.0 Å². The maximum absolute atomic E-state index is 13.0. The predicted molar refractivity (Wildman–Crippen MR) is 92.0 cm³/mol. The molecule has 0 fully saturated rings. The minimum Gasteiger partial charge on any atom is -0.355 e. The van der Waals surface area contributed by atoms with Gasteiger partial charge < -0.3 is 5.32 Å². The van der Waals surface area contributed by atoms with E-state index < -0.39 is 11.7 Å². The summed E-state index contributed by atoms with van der Waals surface area (Å²) in [6.45, 7) is 0.733. The fourth-order valence-electron chi connectivity index (χ4n) is 3.08. The Labute approximate surface area is 146 Å². The van der Waals surface area contributed by atoms with Crippen molar-refractivity contribution in [1.29, 1.82) is 0 Å². The van der Waals surface area contributed by atoms with Gasteiger partial charge in [0.05, 0.1) is 12.1 Å². The van der Waals surface area contributed by atoms with Gasteiger partial charge in [-0.05, 0) is 50.8 Å². The van der Waals surface area contributed by atoms with Crippen LogP contribution in [0.15, 0.2) is 35.9 Å². The summed E-state index contributed by atoms with van der Waals surface area (Å²) in [7, 11) is 1.65. The lowest BCUT2D eigenvalue weighted by molar-refractivity contribution is -0.138. The van der Waals surface area contributed by atoms with Gasteiger partial charge in [0.25, 0.3) is 0 Å². The van der Waals surface area contributed by atoms with E-state index >= 15 is 0 Å². The van der Waals surface area contributed by atoms with Gasteiger partial charge in [0.2, 0.25) is 5.91 Å². The lowest BCUT2D eigenvalue weighted by Gasteiger charge is -2.19. The zero-order chi connectivity index (χ0) is 18.3. The number of benzene rings is 1. The summed E-state index contributed by atoms with van der Waals surface area (Å²) in [6, 6.07) is 5.48. The minimum absolute atomic E-state index is 0.0746. The molecule has 1 aliphatic rings. The number of allylic oxidation sites excluding steroid dienone is 1. The van der Waals surface area contributed by atoms with Crippen molar-refractivity contribution in [2.45, 2.75) is 44.8 Å². The standard InChI is InChI=1S/C19H25F3N2O/c1-24(13-16-9-5-6-10-17(16)19(20,21)22)14-18(25)23-12-11-15-7-3-2-4-8-15/h5-7,9-10H,2-4,8,11-14H2,1H3,(H,23,25). The molecule has 25 heavy (non-hydrogen) atoms. The molecule has 0 aliphatic heterocycles. The molecule has 1 aromatic carbocycles. The number of carbonyl (C=O) groups is 1. The highest BCUT2D eigenvalue weighted by atomic mass is 19.4. The molecule has 1 amide bonds. The molecule has 3 nitrogen and oxygen atoms in total. The van der Waals surface area contributed by atoms with E-state index in [2.05, 4.69) is 11.4 Å². The quantitative estimate of drug-likeness (QED) is 0.746. The van der Waals surface area contributed by atoms with Crippen LogP contribution in [0.5, 0.6) is 0 Å². The van der Waals surface area contributed by atoms with Gasteiger partial charge in [0, 0.05) is 13.1 Å². The summed E-state index contributed by atoms with van der Waals surface area (Å²) in [6.07, 6.45) is 3.38. The largest absolute Gasteiger partial charge is 0.416 e. The summed E-state index contributed by atoms with van der Waals surface area (Å²) < 4.78 is 39.0. The highest BCUT2D eigenvalue weighted by Gasteiger charge is 2.33. The van der Waals surface area contributed by atoms with Gasteiger partial charge in [0.1, 0.15) is 0 Å². The van der Waals surface area contributed by atoms with E-state index in [4.69, 9.17) is 0 Å². The van der Waals surface area contributed by atoms with Crippen LogP contribution < -0.4 is 5.32 Å². The van der Waals surface area contributed by atoms with Crippen molar-refractivity contribution in [3.63, 3.8) is 0 Å². The molecule has 0 radical (unpaired) electrons. The molecule has 1 aromatic rings. The Bertz CT molecular complexity index is 611. The molecule has 138 valence electrons. The molecule has 0 saturated heterocycles. The number of carbonyl (C=O) groups excluding carboxylic acids is 1. The summed E-state index contributed by atoms with van der Waals surface area (Å²) in [5.74, 6) is -0.164. The Morgan fingerprint density at radius 2 is 2.00 bits per heavy atom. The first kappa shape index (κ1) is 19.5. The van der Waals surface area contributed by atoms with Crippen molar-refractivity contribution >= 4 is 5.91 Å². The zero-order valence-electron chi connectivity index (χ0n) is 14.5. The highest BCUT2D eigenvalue weighted by molar-refractivity contribution is 5.77. The number of amides is 1. The average molecular weight is 354 g/mol. The van der Waals surface area contributed by atoms with Gasteiger partial charge in [0.15, 0.2) is 0 Å². The second-order valence-electron chi connectivity index (χ2n) is 6.54. The van der Waals surface area contributed by atoms with E-state index in [0.717, 1.165) is 25.3 Å². The second kappa shape index (κ2) is 9.04. The Morgan fingerprint density at radius 1 is 1.24 bits per heavy atom. The lowest BCUT2D eigenvalue weighted by atomic mass is 9.97. The van der Waals surface area contributed by atoms with Crippen LogP contribution in [0.2, 0.25) is 0 Å². The number of nitrogens with zero attached hydrogens (tertiary/aromatic N) is 1. The number of halogens is 3. The maximum atomic E-state index is 13.0. The topological polar surface area (TPSA) is 32.3 Å². The van der Waals surface area contributed by atoms with Gasteiger partial charge in [-0.2, -0.15) is 13.2 Å². The van der Waals surface area contributed by atoms with Crippen LogP contribution in [-0.4, -0.2) is 30.9 Å². The third kappa shape index (κ3) is 6.53. The van der Waals surface area contributed by atoms with Crippen molar-refractivity contribution in [1.82, 2.24) is 10.2 Å². The molecule has 1 N–H and O–H groups in total. The van der Waals surface area contributed by atoms with Gasteiger partial charge in [-0.25, -0.2) is 0 Å². The maximum Gasteiger partial charge on any atom is 0.416 e. The monoisotopic (exact) mass is 354 g/mol. The zero-order valence-corrected chi connectivity index (χ0v) is 14.5. The molecule has 0 unspecified atom stereocenters. The first-order valence-corrected chi connectivity index (χ1v) is 8.64. The molecule has 0 aromatic heterocycles. The summed E-state index contributed by atoms with van der Waals surface area (Å²) in [5.41, 5.74) is 0.920. The van der Waals surface area contributed by atoms with Gasteiger partial charge >= 0.3 is 6.18 Å². The lowest BCUT2D eigenvalue weighted by Crippen LogP contribution is -2.35. The number of alkyl halides is 3. The fraction of sp³-hybridized carbons (Fsp3) is 0.526. The minimum atomic E-state index is -4.38. The molecule has 6 heteroatoms. The Balaban J connectivity index is 1.79. The third-order valence-corrected chi connectivity index (χ3v) is 4.33. The van der Waals surface area contributed by atoms with Gasteiger partial charge in [-0.15, -0.1) is 0 Å². The van der Waals surface area contributed by atoms with Crippen LogP contribution in [0.25, 0.3) is 0 Å². The van der Waals surface area contributed by atoms with Gasteiger partial charge in [-0.3, -0.25) is 9.69 Å². The average Bonchev–Trinajstić information content (AvgIpc) is 2.55. The van der Waals surface area contributed by atoms with E-state index in [-0.39, 0.29) is 24.6 Å².